The first-order chi connectivity index (χ1) is 13.9. The van der Waals surface area contributed by atoms with Crippen LogP contribution >= 0.6 is 15.9 Å². The zero-order valence-electron chi connectivity index (χ0n) is 16.1. The van der Waals surface area contributed by atoms with E-state index in [0.717, 1.165) is 0 Å². The minimum atomic E-state index is -0.794. The van der Waals surface area contributed by atoms with E-state index in [0.29, 0.717) is 33.3 Å². The molecule has 29 heavy (non-hydrogen) atoms. The number of phenolic OH excluding ortho intramolecular Hbond substituents is 1. The highest BCUT2D eigenvalue weighted by atomic mass is 79.9. The van der Waals surface area contributed by atoms with Crippen LogP contribution in [0.1, 0.15) is 28.4 Å². The molecule has 0 spiro atoms. The summed E-state index contributed by atoms with van der Waals surface area (Å²) in [4.78, 5) is 24.5. The van der Waals surface area contributed by atoms with Crippen LogP contribution in [0.3, 0.4) is 0 Å². The molecule has 152 valence electrons. The fourth-order valence-electron chi connectivity index (χ4n) is 2.48. The number of ether oxygens (including phenoxy) is 1. The highest BCUT2D eigenvalue weighted by Crippen LogP contribution is 2.31. The third-order valence-electron chi connectivity index (χ3n) is 4.01. The minimum Gasteiger partial charge on any atom is -0.504 e. The van der Waals surface area contributed by atoms with E-state index in [1.807, 2.05) is 0 Å². The van der Waals surface area contributed by atoms with E-state index in [4.69, 9.17) is 4.74 Å². The molecule has 2 aromatic carbocycles. The van der Waals surface area contributed by atoms with Crippen LogP contribution in [0.5, 0.6) is 11.5 Å². The van der Waals surface area contributed by atoms with Crippen LogP contribution in [-0.4, -0.2) is 36.3 Å². The lowest BCUT2D eigenvalue weighted by atomic mass is 10.1. The first-order valence-corrected chi connectivity index (χ1v) is 9.55. The molecule has 0 aliphatic carbocycles. The van der Waals surface area contributed by atoms with Gasteiger partial charge in [0.05, 0.1) is 18.9 Å². The summed E-state index contributed by atoms with van der Waals surface area (Å²) in [5.74, 6) is -0.511. The molecule has 0 saturated heterocycles. The first kappa shape index (κ1) is 22.2. The number of hydrogen-bond acceptors (Lipinski definition) is 5. The van der Waals surface area contributed by atoms with Crippen LogP contribution < -0.4 is 15.5 Å². The molecule has 0 aliphatic rings. The van der Waals surface area contributed by atoms with Gasteiger partial charge in [0.2, 0.25) is 0 Å². The number of aromatic hydroxyl groups is 1. The Hall–Kier alpha value is -3.13. The predicted molar refractivity (Wildman–Crippen MR) is 115 cm³/mol. The second-order valence-corrected chi connectivity index (χ2v) is 6.99. The number of methoxy groups -OCH3 is 1. The van der Waals surface area contributed by atoms with Gasteiger partial charge in [-0.3, -0.25) is 9.59 Å². The lowest BCUT2D eigenvalue weighted by Gasteiger charge is -2.13. The molecule has 0 bridgehead atoms. The summed E-state index contributed by atoms with van der Waals surface area (Å²) in [7, 11) is 1.45. The van der Waals surface area contributed by atoms with E-state index in [2.05, 4.69) is 38.4 Å². The van der Waals surface area contributed by atoms with Crippen LogP contribution in [0.4, 0.5) is 0 Å². The average Bonchev–Trinajstić information content (AvgIpc) is 2.70. The summed E-state index contributed by atoms with van der Waals surface area (Å²) in [6, 6.07) is 9.45. The number of allylic oxidation sites excluding steroid dienone is 1. The average molecular weight is 460 g/mol. The Morgan fingerprint density at radius 1 is 1.34 bits per heavy atom. The van der Waals surface area contributed by atoms with Gasteiger partial charge in [0.1, 0.15) is 6.04 Å². The minimum absolute atomic E-state index is 0.0389. The third-order valence-corrected chi connectivity index (χ3v) is 4.70. The van der Waals surface area contributed by atoms with Gasteiger partial charge in [0.15, 0.2) is 11.5 Å². The summed E-state index contributed by atoms with van der Waals surface area (Å²) >= 11 is 3.31. The number of amides is 2. The smallest absolute Gasteiger partial charge is 0.262 e. The number of benzene rings is 2. The Bertz CT molecular complexity index is 944. The second-order valence-electron chi connectivity index (χ2n) is 6.13. The Kier molecular flexibility index (Phi) is 7.97. The molecule has 7 nitrogen and oxygen atoms in total. The van der Waals surface area contributed by atoms with Gasteiger partial charge in [-0.05, 0) is 59.1 Å². The van der Waals surface area contributed by atoms with Gasteiger partial charge in [-0.25, -0.2) is 5.43 Å². The summed E-state index contributed by atoms with van der Waals surface area (Å²) in [6.07, 6.45) is 3.54. The van der Waals surface area contributed by atoms with Crippen molar-refractivity contribution in [2.75, 3.05) is 7.11 Å². The predicted octanol–water partition coefficient (Wildman–Crippen LogP) is 3.16. The number of hydrogen-bond donors (Lipinski definition) is 3. The Morgan fingerprint density at radius 2 is 2.07 bits per heavy atom. The second kappa shape index (κ2) is 10.4. The third kappa shape index (κ3) is 5.92. The number of nitrogens with zero attached hydrogens (tertiary/aromatic N) is 1. The largest absolute Gasteiger partial charge is 0.504 e. The van der Waals surface area contributed by atoms with Crippen molar-refractivity contribution in [1.82, 2.24) is 10.7 Å². The Balaban J connectivity index is 2.01. The lowest BCUT2D eigenvalue weighted by Crippen LogP contribution is -2.43. The molecule has 2 amide bonds. The molecule has 0 heterocycles. The highest BCUT2D eigenvalue weighted by molar-refractivity contribution is 9.10. The molecule has 1 unspecified atom stereocenters. The van der Waals surface area contributed by atoms with E-state index in [1.54, 1.807) is 49.4 Å². The fourth-order valence-corrected chi connectivity index (χ4v) is 2.95. The molecule has 0 fully saturated rings. The molecule has 0 radical (unpaired) electrons. The van der Waals surface area contributed by atoms with Crippen LogP contribution in [0.25, 0.3) is 0 Å². The SMILES string of the molecule is C=CCc1cc(C=NNC(=O)C(C)NC(=O)c2ccccc2Br)cc(OC)c1O. The lowest BCUT2D eigenvalue weighted by molar-refractivity contribution is -0.122. The zero-order valence-corrected chi connectivity index (χ0v) is 17.7. The molecule has 8 heteroatoms. The van der Waals surface area contributed by atoms with E-state index in [1.165, 1.54) is 13.3 Å². The standard InChI is InChI=1S/C21H22BrN3O4/c1-4-7-15-10-14(11-18(29-3)19(15)26)12-23-25-20(27)13(2)24-21(28)16-8-5-6-9-17(16)22/h4-6,8-13,26H,1,7H2,2-3H3,(H,24,28)(H,25,27). The number of nitrogens with one attached hydrogen (secondary N) is 2. The van der Waals surface area contributed by atoms with Crippen LogP contribution in [0, 0.1) is 0 Å². The highest BCUT2D eigenvalue weighted by Gasteiger charge is 2.17. The van der Waals surface area contributed by atoms with E-state index in [-0.39, 0.29) is 11.7 Å². The van der Waals surface area contributed by atoms with Crippen molar-refractivity contribution in [1.29, 1.82) is 0 Å². The monoisotopic (exact) mass is 459 g/mol. The van der Waals surface area contributed by atoms with Crippen molar-refractivity contribution in [2.45, 2.75) is 19.4 Å². The van der Waals surface area contributed by atoms with Gasteiger partial charge in [-0.2, -0.15) is 5.10 Å². The van der Waals surface area contributed by atoms with Crippen LogP contribution in [0.2, 0.25) is 0 Å². The van der Waals surface area contributed by atoms with Crippen LogP contribution in [-0.2, 0) is 11.2 Å². The maximum Gasteiger partial charge on any atom is 0.262 e. The molecule has 0 aromatic heterocycles. The number of hydrazone groups is 1. The Morgan fingerprint density at radius 3 is 2.72 bits per heavy atom. The number of carbonyl (C=O) groups excluding carboxylic acids is 2. The summed E-state index contributed by atoms with van der Waals surface area (Å²) in [5.41, 5.74) is 4.07. The van der Waals surface area contributed by atoms with Gasteiger partial charge in [0.25, 0.3) is 11.8 Å². The summed E-state index contributed by atoms with van der Waals surface area (Å²) in [5, 5.41) is 16.6. The zero-order chi connectivity index (χ0) is 21.4. The molecular weight excluding hydrogens is 438 g/mol. The first-order valence-electron chi connectivity index (χ1n) is 8.76. The Labute approximate surface area is 177 Å². The number of halogens is 1. The fraction of sp³-hybridized carbons (Fsp3) is 0.190. The quantitative estimate of drug-likeness (QED) is 0.320. The topological polar surface area (TPSA) is 100 Å². The number of rotatable bonds is 8. The normalized spacial score (nSPS) is 11.7. The van der Waals surface area contributed by atoms with Crippen LogP contribution in [0.15, 0.2) is 58.6 Å². The van der Waals surface area contributed by atoms with E-state index in [9.17, 15) is 14.7 Å². The van der Waals surface area contributed by atoms with Gasteiger partial charge >= 0.3 is 0 Å². The van der Waals surface area contributed by atoms with Crippen molar-refractivity contribution in [3.8, 4) is 11.5 Å². The van der Waals surface area contributed by atoms with Gasteiger partial charge in [-0.1, -0.05) is 18.2 Å². The molecule has 2 rings (SSSR count). The van der Waals surface area contributed by atoms with Crippen molar-refractivity contribution in [3.05, 3.63) is 70.2 Å². The maximum atomic E-state index is 12.3. The van der Waals surface area contributed by atoms with Gasteiger partial charge < -0.3 is 15.2 Å². The van der Waals surface area contributed by atoms with Crippen molar-refractivity contribution in [2.24, 2.45) is 5.10 Å². The number of carbonyl (C=O) groups is 2. The summed E-state index contributed by atoms with van der Waals surface area (Å²) in [6.45, 7) is 5.22. The molecule has 1 atom stereocenters. The van der Waals surface area contributed by atoms with E-state index < -0.39 is 11.9 Å². The van der Waals surface area contributed by atoms with Crippen molar-refractivity contribution in [3.63, 3.8) is 0 Å². The van der Waals surface area contributed by atoms with E-state index >= 15 is 0 Å². The molecule has 0 aliphatic heterocycles. The number of phenols is 1. The summed E-state index contributed by atoms with van der Waals surface area (Å²) < 4.78 is 5.79. The molecule has 3 N–H and O–H groups in total. The van der Waals surface area contributed by atoms with Crippen molar-refractivity contribution >= 4 is 34.0 Å². The molecule has 0 saturated carbocycles. The van der Waals surface area contributed by atoms with Crippen molar-refractivity contribution < 1.29 is 19.4 Å². The molecule has 2 aromatic rings. The van der Waals surface area contributed by atoms with Gasteiger partial charge in [-0.15, -0.1) is 6.58 Å². The molecular formula is C21H22BrN3O4. The van der Waals surface area contributed by atoms with Gasteiger partial charge in [0, 0.05) is 10.0 Å². The maximum absolute atomic E-state index is 12.3.